The van der Waals surface area contributed by atoms with E-state index in [-0.39, 0.29) is 10.7 Å². The third kappa shape index (κ3) is 3.38. The van der Waals surface area contributed by atoms with Crippen molar-refractivity contribution in [2.45, 2.75) is 33.1 Å². The zero-order chi connectivity index (χ0) is 14.0. The highest BCUT2D eigenvalue weighted by Gasteiger charge is 2.24. The monoisotopic (exact) mass is 282 g/mol. The van der Waals surface area contributed by atoms with E-state index in [0.717, 1.165) is 25.9 Å². The zero-order valence-corrected chi connectivity index (χ0v) is 12.1. The summed E-state index contributed by atoms with van der Waals surface area (Å²) in [6, 6.07) is 3.41. The van der Waals surface area contributed by atoms with Crippen LogP contribution in [-0.2, 0) is 0 Å². The molecule has 0 bridgehead atoms. The number of carboxylic acid groups (broad SMARTS) is 1. The SMILES string of the molecule is CC1(C)CCCN(c2ccc(Cl)c(C(=O)O)n2)CC1. The lowest BCUT2D eigenvalue weighted by atomic mass is 9.85. The summed E-state index contributed by atoms with van der Waals surface area (Å²) in [5.41, 5.74) is 0.277. The number of carboxylic acids is 1. The van der Waals surface area contributed by atoms with Crippen molar-refractivity contribution >= 4 is 23.4 Å². The van der Waals surface area contributed by atoms with Crippen LogP contribution in [0.4, 0.5) is 5.82 Å². The van der Waals surface area contributed by atoms with E-state index in [2.05, 4.69) is 23.7 Å². The Morgan fingerprint density at radius 1 is 1.37 bits per heavy atom. The van der Waals surface area contributed by atoms with E-state index in [4.69, 9.17) is 16.7 Å². The lowest BCUT2D eigenvalue weighted by Crippen LogP contribution is -2.26. The molecule has 2 heterocycles. The van der Waals surface area contributed by atoms with Crippen LogP contribution in [0.2, 0.25) is 5.02 Å². The van der Waals surface area contributed by atoms with Gasteiger partial charge in [0.1, 0.15) is 5.82 Å². The van der Waals surface area contributed by atoms with Gasteiger partial charge in [-0.25, -0.2) is 9.78 Å². The van der Waals surface area contributed by atoms with Gasteiger partial charge in [-0.1, -0.05) is 25.4 Å². The van der Waals surface area contributed by atoms with E-state index in [1.807, 2.05) is 0 Å². The molecule has 0 amide bonds. The fourth-order valence-electron chi connectivity index (χ4n) is 2.41. The molecule has 104 valence electrons. The predicted molar refractivity (Wildman–Crippen MR) is 76.1 cm³/mol. The first-order valence-electron chi connectivity index (χ1n) is 6.54. The summed E-state index contributed by atoms with van der Waals surface area (Å²) in [5, 5.41) is 9.25. The Morgan fingerprint density at radius 3 is 2.79 bits per heavy atom. The number of nitrogens with zero attached hydrogens (tertiary/aromatic N) is 2. The predicted octanol–water partition coefficient (Wildman–Crippen LogP) is 3.45. The van der Waals surface area contributed by atoms with Crippen LogP contribution in [0.3, 0.4) is 0 Å². The fourth-order valence-corrected chi connectivity index (χ4v) is 2.60. The number of carbonyl (C=O) groups is 1. The first kappa shape index (κ1) is 14.1. The van der Waals surface area contributed by atoms with E-state index in [9.17, 15) is 4.79 Å². The smallest absolute Gasteiger partial charge is 0.356 e. The summed E-state index contributed by atoms with van der Waals surface area (Å²) in [7, 11) is 0. The van der Waals surface area contributed by atoms with Gasteiger partial charge in [0, 0.05) is 13.1 Å². The highest BCUT2D eigenvalue weighted by molar-refractivity contribution is 6.33. The maximum atomic E-state index is 11.1. The minimum atomic E-state index is -1.08. The Hall–Kier alpha value is -1.29. The van der Waals surface area contributed by atoms with Crippen molar-refractivity contribution in [2.75, 3.05) is 18.0 Å². The van der Waals surface area contributed by atoms with Gasteiger partial charge in [0.25, 0.3) is 0 Å². The first-order chi connectivity index (χ1) is 8.89. The van der Waals surface area contributed by atoms with Crippen molar-refractivity contribution in [3.63, 3.8) is 0 Å². The van der Waals surface area contributed by atoms with Crippen LogP contribution in [-0.4, -0.2) is 29.1 Å². The van der Waals surface area contributed by atoms with E-state index in [1.165, 1.54) is 6.42 Å². The third-order valence-electron chi connectivity index (χ3n) is 3.70. The standard InChI is InChI=1S/C14H19ClN2O2/c1-14(2)6-3-8-17(9-7-14)11-5-4-10(15)12(16-11)13(18)19/h4-5H,3,6-9H2,1-2H3,(H,18,19). The number of hydrogen-bond donors (Lipinski definition) is 1. The van der Waals surface area contributed by atoms with Crippen molar-refractivity contribution in [1.82, 2.24) is 4.98 Å². The number of rotatable bonds is 2. The Kier molecular flexibility index (Phi) is 3.99. The summed E-state index contributed by atoms with van der Waals surface area (Å²) in [6.07, 6.45) is 3.36. The normalized spacial score (nSPS) is 19.0. The molecule has 1 aliphatic heterocycles. The molecule has 0 unspecified atom stereocenters. The number of halogens is 1. The lowest BCUT2D eigenvalue weighted by molar-refractivity contribution is 0.0691. The summed E-state index contributed by atoms with van der Waals surface area (Å²) in [4.78, 5) is 17.4. The van der Waals surface area contributed by atoms with Gasteiger partial charge in [0.2, 0.25) is 0 Å². The van der Waals surface area contributed by atoms with Gasteiger partial charge in [-0.15, -0.1) is 0 Å². The molecule has 0 aliphatic carbocycles. The molecule has 19 heavy (non-hydrogen) atoms. The molecule has 2 rings (SSSR count). The third-order valence-corrected chi connectivity index (χ3v) is 4.00. The van der Waals surface area contributed by atoms with Crippen LogP contribution >= 0.6 is 11.6 Å². The molecule has 0 radical (unpaired) electrons. The number of hydrogen-bond acceptors (Lipinski definition) is 3. The quantitative estimate of drug-likeness (QED) is 0.903. The van der Waals surface area contributed by atoms with Gasteiger partial charge >= 0.3 is 5.97 Å². The van der Waals surface area contributed by atoms with Gasteiger partial charge in [-0.2, -0.15) is 0 Å². The Balaban J connectivity index is 2.22. The average Bonchev–Trinajstić information content (AvgIpc) is 2.51. The molecular weight excluding hydrogens is 264 g/mol. The molecule has 4 nitrogen and oxygen atoms in total. The Morgan fingerprint density at radius 2 is 2.11 bits per heavy atom. The Bertz CT molecular complexity index is 488. The molecule has 5 heteroatoms. The van der Waals surface area contributed by atoms with Crippen LogP contribution in [0.1, 0.15) is 43.6 Å². The molecule has 1 N–H and O–H groups in total. The molecule has 0 spiro atoms. The number of anilines is 1. The van der Waals surface area contributed by atoms with Gasteiger partial charge in [0.05, 0.1) is 5.02 Å². The molecular formula is C14H19ClN2O2. The molecule has 1 fully saturated rings. The molecule has 0 atom stereocenters. The topological polar surface area (TPSA) is 53.4 Å². The number of aromatic carboxylic acids is 1. The van der Waals surface area contributed by atoms with E-state index >= 15 is 0 Å². The van der Waals surface area contributed by atoms with Crippen molar-refractivity contribution < 1.29 is 9.90 Å². The average molecular weight is 283 g/mol. The Labute approximate surface area is 118 Å². The van der Waals surface area contributed by atoms with Crippen molar-refractivity contribution in [3.05, 3.63) is 22.8 Å². The summed E-state index contributed by atoms with van der Waals surface area (Å²) < 4.78 is 0. The highest BCUT2D eigenvalue weighted by Crippen LogP contribution is 2.31. The van der Waals surface area contributed by atoms with Crippen molar-refractivity contribution in [2.24, 2.45) is 5.41 Å². The van der Waals surface area contributed by atoms with E-state index in [1.54, 1.807) is 12.1 Å². The summed E-state index contributed by atoms with van der Waals surface area (Å²) >= 11 is 5.85. The first-order valence-corrected chi connectivity index (χ1v) is 6.92. The highest BCUT2D eigenvalue weighted by atomic mass is 35.5. The molecule has 1 aromatic heterocycles. The van der Waals surface area contributed by atoms with Crippen LogP contribution < -0.4 is 4.90 Å². The second kappa shape index (κ2) is 5.37. The molecule has 1 saturated heterocycles. The second-order valence-corrected chi connectivity index (χ2v) is 6.22. The molecule has 1 aliphatic rings. The van der Waals surface area contributed by atoms with Gasteiger partial charge in [-0.3, -0.25) is 0 Å². The lowest BCUT2D eigenvalue weighted by Gasteiger charge is -2.24. The maximum Gasteiger partial charge on any atom is 0.356 e. The van der Waals surface area contributed by atoms with Crippen molar-refractivity contribution in [3.8, 4) is 0 Å². The minimum absolute atomic E-state index is 0.0670. The van der Waals surface area contributed by atoms with Crippen LogP contribution in [0.5, 0.6) is 0 Å². The number of aromatic nitrogens is 1. The summed E-state index contributed by atoms with van der Waals surface area (Å²) in [6.45, 7) is 6.36. The largest absolute Gasteiger partial charge is 0.476 e. The van der Waals surface area contributed by atoms with Gasteiger partial charge < -0.3 is 10.0 Å². The van der Waals surface area contributed by atoms with Crippen LogP contribution in [0.15, 0.2) is 12.1 Å². The zero-order valence-electron chi connectivity index (χ0n) is 11.3. The fraction of sp³-hybridized carbons (Fsp3) is 0.571. The van der Waals surface area contributed by atoms with Gasteiger partial charge in [0.15, 0.2) is 5.69 Å². The molecule has 0 aromatic carbocycles. The molecule has 1 aromatic rings. The van der Waals surface area contributed by atoms with Crippen LogP contribution in [0.25, 0.3) is 0 Å². The second-order valence-electron chi connectivity index (χ2n) is 5.81. The number of pyridine rings is 1. The molecule has 0 saturated carbocycles. The van der Waals surface area contributed by atoms with Gasteiger partial charge in [-0.05, 0) is 36.8 Å². The van der Waals surface area contributed by atoms with E-state index < -0.39 is 5.97 Å². The summed E-state index contributed by atoms with van der Waals surface area (Å²) in [5.74, 6) is -0.374. The van der Waals surface area contributed by atoms with E-state index in [0.29, 0.717) is 11.2 Å². The maximum absolute atomic E-state index is 11.1. The minimum Gasteiger partial charge on any atom is -0.476 e. The van der Waals surface area contributed by atoms with Crippen LogP contribution in [0, 0.1) is 5.41 Å². The van der Waals surface area contributed by atoms with Crippen molar-refractivity contribution in [1.29, 1.82) is 0 Å².